The Labute approximate surface area is 115 Å². The van der Waals surface area contributed by atoms with Crippen LogP contribution in [0.25, 0.3) is 0 Å². The summed E-state index contributed by atoms with van der Waals surface area (Å²) < 4.78 is 3.36. The lowest BCUT2D eigenvalue weighted by Crippen LogP contribution is -2.11. The van der Waals surface area contributed by atoms with Gasteiger partial charge in [-0.2, -0.15) is 5.10 Å². The van der Waals surface area contributed by atoms with Crippen molar-refractivity contribution in [3.63, 3.8) is 0 Å². The summed E-state index contributed by atoms with van der Waals surface area (Å²) in [6.07, 6.45) is 2.14. The number of hydrogen-bond donors (Lipinski definition) is 1. The number of anilines is 1. The fourth-order valence-corrected chi connectivity index (χ4v) is 2.04. The zero-order chi connectivity index (χ0) is 14.7. The molecule has 0 atom stereocenters. The monoisotopic (exact) mass is 279 g/mol. The summed E-state index contributed by atoms with van der Waals surface area (Å²) in [5.41, 5.74) is 0.495. The molecule has 2 heterocycles. The third kappa shape index (κ3) is 2.46. The van der Waals surface area contributed by atoms with Gasteiger partial charge in [0, 0.05) is 13.6 Å². The summed E-state index contributed by atoms with van der Waals surface area (Å²) >= 11 is 0. The van der Waals surface area contributed by atoms with E-state index in [0.29, 0.717) is 24.5 Å². The molecule has 20 heavy (non-hydrogen) atoms. The molecule has 0 spiro atoms. The Kier molecular flexibility index (Phi) is 3.97. The quantitative estimate of drug-likeness (QED) is 0.627. The lowest BCUT2D eigenvalue weighted by molar-refractivity contribution is -0.384. The van der Waals surface area contributed by atoms with Gasteiger partial charge in [-0.05, 0) is 13.3 Å². The minimum atomic E-state index is -0.404. The Bertz CT molecular complexity index is 616. The molecule has 0 radical (unpaired) electrons. The summed E-state index contributed by atoms with van der Waals surface area (Å²) in [5.74, 6) is 1.11. The number of rotatable bonds is 6. The van der Waals surface area contributed by atoms with Crippen LogP contribution in [0.3, 0.4) is 0 Å². The summed E-state index contributed by atoms with van der Waals surface area (Å²) in [5, 5.41) is 26.2. The van der Waals surface area contributed by atoms with Gasteiger partial charge >= 0.3 is 5.69 Å². The van der Waals surface area contributed by atoms with Crippen LogP contribution in [0.2, 0.25) is 0 Å². The number of aromatic nitrogens is 5. The molecule has 0 aromatic carbocycles. The molecule has 0 aliphatic rings. The number of nitro groups is 1. The fourth-order valence-electron chi connectivity index (χ4n) is 2.04. The van der Waals surface area contributed by atoms with Gasteiger partial charge in [0.15, 0.2) is 5.82 Å². The van der Waals surface area contributed by atoms with E-state index in [0.717, 1.165) is 12.4 Å². The standard InChI is InChI=1S/C11H17N7O2/c1-4-8-10(18(19)20)11(16(3)15-8)12-6-9-14-13-7-17(9)5-2/h7,12H,4-6H2,1-3H3. The van der Waals surface area contributed by atoms with E-state index >= 15 is 0 Å². The van der Waals surface area contributed by atoms with E-state index in [1.807, 2.05) is 18.4 Å². The average Bonchev–Trinajstić information content (AvgIpc) is 2.99. The Morgan fingerprint density at radius 3 is 2.80 bits per heavy atom. The molecule has 2 aromatic heterocycles. The van der Waals surface area contributed by atoms with Gasteiger partial charge in [0.05, 0.1) is 11.5 Å². The highest BCUT2D eigenvalue weighted by Crippen LogP contribution is 2.28. The highest BCUT2D eigenvalue weighted by atomic mass is 16.6. The molecule has 0 saturated carbocycles. The first-order valence-electron chi connectivity index (χ1n) is 6.39. The van der Waals surface area contributed by atoms with Crippen molar-refractivity contribution >= 4 is 11.5 Å². The first-order chi connectivity index (χ1) is 9.58. The minimum absolute atomic E-state index is 0.0255. The zero-order valence-electron chi connectivity index (χ0n) is 11.7. The van der Waals surface area contributed by atoms with Gasteiger partial charge in [0.2, 0.25) is 5.82 Å². The van der Waals surface area contributed by atoms with Crippen LogP contribution in [0.4, 0.5) is 11.5 Å². The van der Waals surface area contributed by atoms with Crippen molar-refractivity contribution in [2.75, 3.05) is 5.32 Å². The normalized spacial score (nSPS) is 10.8. The van der Waals surface area contributed by atoms with Crippen molar-refractivity contribution in [1.82, 2.24) is 24.5 Å². The molecule has 0 amide bonds. The summed E-state index contributed by atoms with van der Waals surface area (Å²) in [6, 6.07) is 0. The van der Waals surface area contributed by atoms with E-state index < -0.39 is 4.92 Å². The molecule has 0 unspecified atom stereocenters. The highest BCUT2D eigenvalue weighted by Gasteiger charge is 2.25. The number of hydrogen-bond acceptors (Lipinski definition) is 6. The summed E-state index contributed by atoms with van der Waals surface area (Å²) in [6.45, 7) is 4.93. The first kappa shape index (κ1) is 14.0. The maximum atomic E-state index is 11.2. The minimum Gasteiger partial charge on any atom is -0.357 e. The van der Waals surface area contributed by atoms with Gasteiger partial charge in [0.25, 0.3) is 0 Å². The largest absolute Gasteiger partial charge is 0.357 e. The molecule has 0 aliphatic carbocycles. The molecular formula is C11H17N7O2. The second kappa shape index (κ2) is 5.68. The fraction of sp³-hybridized carbons (Fsp3) is 0.545. The smallest absolute Gasteiger partial charge is 0.333 e. The Morgan fingerprint density at radius 2 is 2.20 bits per heavy atom. The molecule has 9 nitrogen and oxygen atoms in total. The molecule has 9 heteroatoms. The predicted octanol–water partition coefficient (Wildman–Crippen LogP) is 1.11. The van der Waals surface area contributed by atoms with Crippen LogP contribution in [0.15, 0.2) is 6.33 Å². The van der Waals surface area contributed by atoms with Crippen molar-refractivity contribution in [3.8, 4) is 0 Å². The SMILES string of the molecule is CCc1nn(C)c(NCc2nncn2CC)c1[N+](=O)[O-]. The molecule has 2 rings (SSSR count). The molecule has 2 aromatic rings. The van der Waals surface area contributed by atoms with Gasteiger partial charge in [-0.15, -0.1) is 10.2 Å². The van der Waals surface area contributed by atoms with Gasteiger partial charge < -0.3 is 9.88 Å². The van der Waals surface area contributed by atoms with E-state index in [-0.39, 0.29) is 5.69 Å². The van der Waals surface area contributed by atoms with Crippen molar-refractivity contribution in [3.05, 3.63) is 28.0 Å². The third-order valence-electron chi connectivity index (χ3n) is 3.06. The lowest BCUT2D eigenvalue weighted by Gasteiger charge is -2.06. The van der Waals surface area contributed by atoms with E-state index in [4.69, 9.17) is 0 Å². The van der Waals surface area contributed by atoms with Gasteiger partial charge in [-0.3, -0.25) is 10.1 Å². The number of nitrogens with one attached hydrogen (secondary N) is 1. The maximum Gasteiger partial charge on any atom is 0.333 e. The molecule has 0 saturated heterocycles. The van der Waals surface area contributed by atoms with Crippen LogP contribution in [0.1, 0.15) is 25.4 Å². The Balaban J connectivity index is 2.25. The molecular weight excluding hydrogens is 262 g/mol. The van der Waals surface area contributed by atoms with Crippen LogP contribution in [0, 0.1) is 10.1 Å². The zero-order valence-corrected chi connectivity index (χ0v) is 11.7. The van der Waals surface area contributed by atoms with E-state index in [1.165, 1.54) is 4.68 Å². The summed E-state index contributed by atoms with van der Waals surface area (Å²) in [4.78, 5) is 10.8. The second-order valence-corrected chi connectivity index (χ2v) is 4.26. The predicted molar refractivity (Wildman–Crippen MR) is 72.3 cm³/mol. The van der Waals surface area contributed by atoms with Crippen LogP contribution in [-0.2, 0) is 26.6 Å². The van der Waals surface area contributed by atoms with Crippen molar-refractivity contribution in [2.45, 2.75) is 33.4 Å². The molecule has 0 aliphatic heterocycles. The Hall–Kier alpha value is -2.45. The van der Waals surface area contributed by atoms with E-state index in [1.54, 1.807) is 13.4 Å². The Morgan fingerprint density at radius 1 is 1.45 bits per heavy atom. The highest BCUT2D eigenvalue weighted by molar-refractivity contribution is 5.59. The van der Waals surface area contributed by atoms with Gasteiger partial charge in [-0.1, -0.05) is 6.92 Å². The second-order valence-electron chi connectivity index (χ2n) is 4.26. The maximum absolute atomic E-state index is 11.2. The first-order valence-corrected chi connectivity index (χ1v) is 6.39. The number of aryl methyl sites for hydroxylation is 3. The van der Waals surface area contributed by atoms with E-state index in [2.05, 4.69) is 20.6 Å². The van der Waals surface area contributed by atoms with Crippen molar-refractivity contribution in [1.29, 1.82) is 0 Å². The average molecular weight is 279 g/mol. The van der Waals surface area contributed by atoms with Crippen LogP contribution in [0.5, 0.6) is 0 Å². The number of nitrogens with zero attached hydrogens (tertiary/aromatic N) is 6. The van der Waals surface area contributed by atoms with E-state index in [9.17, 15) is 10.1 Å². The van der Waals surface area contributed by atoms with Crippen LogP contribution in [-0.4, -0.2) is 29.5 Å². The molecule has 0 bridgehead atoms. The molecule has 0 fully saturated rings. The summed E-state index contributed by atoms with van der Waals surface area (Å²) in [7, 11) is 1.68. The molecule has 1 N–H and O–H groups in total. The van der Waals surface area contributed by atoms with Gasteiger partial charge in [-0.25, -0.2) is 4.68 Å². The van der Waals surface area contributed by atoms with Crippen molar-refractivity contribution < 1.29 is 4.92 Å². The van der Waals surface area contributed by atoms with Crippen LogP contribution >= 0.6 is 0 Å². The van der Waals surface area contributed by atoms with Crippen LogP contribution < -0.4 is 5.32 Å². The topological polar surface area (TPSA) is 104 Å². The third-order valence-corrected chi connectivity index (χ3v) is 3.06. The van der Waals surface area contributed by atoms with Crippen molar-refractivity contribution in [2.24, 2.45) is 7.05 Å². The molecule has 108 valence electrons. The lowest BCUT2D eigenvalue weighted by atomic mass is 10.3. The van der Waals surface area contributed by atoms with Gasteiger partial charge in [0.1, 0.15) is 12.0 Å².